The summed E-state index contributed by atoms with van der Waals surface area (Å²) in [7, 11) is -4.07. The summed E-state index contributed by atoms with van der Waals surface area (Å²) in [6, 6.07) is 17.5. The smallest absolute Gasteiger partial charge is 0.307 e. The summed E-state index contributed by atoms with van der Waals surface area (Å²) >= 11 is 0. The Labute approximate surface area is 140 Å². The maximum Gasteiger partial charge on any atom is 0.307 e. The topological polar surface area (TPSA) is 67.6 Å². The van der Waals surface area contributed by atoms with Crippen molar-refractivity contribution in [3.05, 3.63) is 84.3 Å². The van der Waals surface area contributed by atoms with E-state index >= 15 is 0 Å². The highest BCUT2D eigenvalue weighted by atomic mass is 32.2. The molecule has 3 rings (SSSR count). The van der Waals surface area contributed by atoms with E-state index in [9.17, 15) is 13.2 Å². The first kappa shape index (κ1) is 16.0. The van der Waals surface area contributed by atoms with Crippen LogP contribution >= 0.6 is 0 Å². The van der Waals surface area contributed by atoms with Crippen molar-refractivity contribution >= 4 is 21.6 Å². The molecule has 1 heterocycles. The molecule has 0 saturated heterocycles. The molecular weight excluding hydrogens is 326 g/mol. The number of sulfonamides is 1. The van der Waals surface area contributed by atoms with Gasteiger partial charge in [0.05, 0.1) is 16.8 Å². The number of rotatable bonds is 4. The van der Waals surface area contributed by atoms with Gasteiger partial charge in [-0.1, -0.05) is 35.9 Å². The molecule has 0 bridgehead atoms. The van der Waals surface area contributed by atoms with Crippen molar-refractivity contribution in [1.29, 1.82) is 0 Å². The number of para-hydroxylation sites is 1. The zero-order valence-electron chi connectivity index (χ0n) is 12.9. The third-order valence-electron chi connectivity index (χ3n) is 3.47. The number of nitrogens with zero attached hydrogens (tertiary/aromatic N) is 1. The van der Waals surface area contributed by atoms with Crippen molar-refractivity contribution in [2.75, 3.05) is 4.31 Å². The minimum Gasteiger partial charge on any atom is -0.459 e. The van der Waals surface area contributed by atoms with Gasteiger partial charge in [0, 0.05) is 0 Å². The monoisotopic (exact) mass is 341 g/mol. The zero-order chi connectivity index (χ0) is 17.2. The highest BCUT2D eigenvalue weighted by Crippen LogP contribution is 2.26. The Hall–Kier alpha value is -2.86. The summed E-state index contributed by atoms with van der Waals surface area (Å²) in [6.07, 6.45) is 1.33. The fourth-order valence-corrected chi connectivity index (χ4v) is 3.64. The molecule has 1 aromatic heterocycles. The normalized spacial score (nSPS) is 11.2. The van der Waals surface area contributed by atoms with Crippen LogP contribution in [0.15, 0.2) is 82.3 Å². The highest BCUT2D eigenvalue weighted by Gasteiger charge is 2.33. The van der Waals surface area contributed by atoms with E-state index in [4.69, 9.17) is 4.42 Å². The molecule has 0 unspecified atom stereocenters. The van der Waals surface area contributed by atoms with E-state index < -0.39 is 15.9 Å². The summed E-state index contributed by atoms with van der Waals surface area (Å²) in [6.45, 7) is 1.86. The SMILES string of the molecule is Cc1ccc(S(=O)(=O)N(C(=O)c2ccco2)c2ccccc2)cc1. The molecular formula is C18H15NO4S. The summed E-state index contributed by atoms with van der Waals surface area (Å²) in [5.74, 6) is -0.790. The number of aryl methyl sites for hydroxylation is 1. The van der Waals surface area contributed by atoms with Crippen LogP contribution in [0, 0.1) is 6.92 Å². The molecule has 24 heavy (non-hydrogen) atoms. The van der Waals surface area contributed by atoms with Crippen LogP contribution in [0.25, 0.3) is 0 Å². The van der Waals surface area contributed by atoms with Crippen LogP contribution in [0.5, 0.6) is 0 Å². The minimum absolute atomic E-state index is 0.0388. The number of furan rings is 1. The Balaban J connectivity index is 2.14. The van der Waals surface area contributed by atoms with Crippen molar-refractivity contribution in [1.82, 2.24) is 0 Å². The number of anilines is 1. The Bertz CT molecular complexity index is 930. The quantitative estimate of drug-likeness (QED) is 0.727. The Morgan fingerprint density at radius 2 is 1.58 bits per heavy atom. The maximum absolute atomic E-state index is 13.0. The van der Waals surface area contributed by atoms with E-state index in [1.165, 1.54) is 30.5 Å². The molecule has 1 amide bonds. The van der Waals surface area contributed by atoms with Gasteiger partial charge in [-0.2, -0.15) is 4.31 Å². The van der Waals surface area contributed by atoms with E-state index in [2.05, 4.69) is 0 Å². The highest BCUT2D eigenvalue weighted by molar-refractivity contribution is 7.93. The van der Waals surface area contributed by atoms with Crippen LogP contribution in [-0.2, 0) is 10.0 Å². The van der Waals surface area contributed by atoms with Gasteiger partial charge in [0.1, 0.15) is 0 Å². The van der Waals surface area contributed by atoms with E-state index in [0.29, 0.717) is 0 Å². The van der Waals surface area contributed by atoms with E-state index in [-0.39, 0.29) is 16.3 Å². The van der Waals surface area contributed by atoms with Crippen LogP contribution in [0.4, 0.5) is 5.69 Å². The zero-order valence-corrected chi connectivity index (χ0v) is 13.7. The average Bonchev–Trinajstić information content (AvgIpc) is 3.11. The molecule has 0 saturated carbocycles. The molecule has 122 valence electrons. The second kappa shape index (κ2) is 6.33. The molecule has 2 aromatic carbocycles. The molecule has 0 aliphatic carbocycles. The van der Waals surface area contributed by atoms with Crippen molar-refractivity contribution in [3.8, 4) is 0 Å². The van der Waals surface area contributed by atoms with E-state index in [0.717, 1.165) is 9.87 Å². The van der Waals surface area contributed by atoms with Gasteiger partial charge in [-0.25, -0.2) is 8.42 Å². The lowest BCUT2D eigenvalue weighted by Crippen LogP contribution is -2.36. The Morgan fingerprint density at radius 1 is 0.917 bits per heavy atom. The fraction of sp³-hybridized carbons (Fsp3) is 0.0556. The number of benzene rings is 2. The number of amides is 1. The number of hydrogen-bond acceptors (Lipinski definition) is 4. The first-order valence-corrected chi connectivity index (χ1v) is 8.69. The van der Waals surface area contributed by atoms with Gasteiger partial charge >= 0.3 is 5.91 Å². The van der Waals surface area contributed by atoms with Gasteiger partial charge in [0.25, 0.3) is 10.0 Å². The molecule has 0 N–H and O–H groups in total. The van der Waals surface area contributed by atoms with Crippen LogP contribution in [0.1, 0.15) is 16.1 Å². The van der Waals surface area contributed by atoms with Gasteiger partial charge in [-0.3, -0.25) is 4.79 Å². The molecule has 0 spiro atoms. The molecule has 0 aliphatic heterocycles. The molecule has 5 nitrogen and oxygen atoms in total. The fourth-order valence-electron chi connectivity index (χ4n) is 2.24. The first-order valence-electron chi connectivity index (χ1n) is 7.25. The lowest BCUT2D eigenvalue weighted by Gasteiger charge is -2.21. The minimum atomic E-state index is -4.07. The maximum atomic E-state index is 13.0. The number of hydrogen-bond donors (Lipinski definition) is 0. The summed E-state index contributed by atoms with van der Waals surface area (Å²) < 4.78 is 31.9. The standard InChI is InChI=1S/C18H15NO4S/c1-14-9-11-16(12-10-14)24(21,22)19(15-6-3-2-4-7-15)18(20)17-8-5-13-23-17/h2-13H,1H3. The predicted molar refractivity (Wildman–Crippen MR) is 90.3 cm³/mol. The lowest BCUT2D eigenvalue weighted by molar-refractivity contribution is 0.0979. The third-order valence-corrected chi connectivity index (χ3v) is 5.19. The van der Waals surface area contributed by atoms with Crippen LogP contribution < -0.4 is 4.31 Å². The first-order chi connectivity index (χ1) is 11.5. The van der Waals surface area contributed by atoms with Gasteiger partial charge < -0.3 is 4.42 Å². The Kier molecular flexibility index (Phi) is 4.22. The van der Waals surface area contributed by atoms with Crippen molar-refractivity contribution in [2.45, 2.75) is 11.8 Å². The van der Waals surface area contributed by atoms with E-state index in [1.807, 2.05) is 6.92 Å². The Morgan fingerprint density at radius 3 is 2.17 bits per heavy atom. The average molecular weight is 341 g/mol. The summed E-state index contributed by atoms with van der Waals surface area (Å²) in [5, 5.41) is 0. The predicted octanol–water partition coefficient (Wildman–Crippen LogP) is 3.62. The van der Waals surface area contributed by atoms with Crippen molar-refractivity contribution in [3.63, 3.8) is 0 Å². The van der Waals surface area contributed by atoms with Crippen molar-refractivity contribution < 1.29 is 17.6 Å². The number of carbonyl (C=O) groups is 1. The van der Waals surface area contributed by atoms with Crippen LogP contribution in [0.3, 0.4) is 0 Å². The van der Waals surface area contributed by atoms with Gasteiger partial charge in [0.2, 0.25) is 0 Å². The van der Waals surface area contributed by atoms with Gasteiger partial charge in [-0.15, -0.1) is 0 Å². The third kappa shape index (κ3) is 2.96. The summed E-state index contributed by atoms with van der Waals surface area (Å²) in [5.41, 5.74) is 1.18. The summed E-state index contributed by atoms with van der Waals surface area (Å²) in [4.78, 5) is 12.8. The second-order valence-corrected chi connectivity index (χ2v) is 6.99. The molecule has 6 heteroatoms. The van der Waals surface area contributed by atoms with Crippen LogP contribution in [0.2, 0.25) is 0 Å². The molecule has 3 aromatic rings. The van der Waals surface area contributed by atoms with Crippen LogP contribution in [-0.4, -0.2) is 14.3 Å². The largest absolute Gasteiger partial charge is 0.459 e. The molecule has 0 fully saturated rings. The van der Waals surface area contributed by atoms with Crippen molar-refractivity contribution in [2.24, 2.45) is 0 Å². The number of carbonyl (C=O) groups excluding carboxylic acids is 1. The van der Waals surface area contributed by atoms with Gasteiger partial charge in [0.15, 0.2) is 5.76 Å². The molecule has 0 atom stereocenters. The lowest BCUT2D eigenvalue weighted by atomic mass is 10.2. The molecule has 0 radical (unpaired) electrons. The van der Waals surface area contributed by atoms with E-state index in [1.54, 1.807) is 42.5 Å². The molecule has 0 aliphatic rings. The van der Waals surface area contributed by atoms with Gasteiger partial charge in [-0.05, 0) is 43.3 Å². The second-order valence-electron chi connectivity index (χ2n) is 5.20.